The molecule has 0 unspecified atom stereocenters. The minimum absolute atomic E-state index is 0.354. The first kappa shape index (κ1) is 8.47. The Kier molecular flexibility index (Phi) is 2.83. The third kappa shape index (κ3) is 2.15. The quantitative estimate of drug-likeness (QED) is 0.732. The van der Waals surface area contributed by atoms with E-state index in [1.54, 1.807) is 23.9 Å². The zero-order valence-corrected chi connectivity index (χ0v) is 7.61. The second kappa shape index (κ2) is 3.67. The summed E-state index contributed by atoms with van der Waals surface area (Å²) in [6, 6.07) is 5.51. The maximum Gasteiger partial charge on any atom is 0.115 e. The molecule has 1 aromatic carbocycles. The van der Waals surface area contributed by atoms with Crippen LogP contribution in [0.4, 0.5) is 0 Å². The first-order valence-electron chi connectivity index (χ1n) is 3.51. The molecule has 0 aliphatic heterocycles. The second-order valence-electron chi connectivity index (χ2n) is 2.54. The van der Waals surface area contributed by atoms with E-state index in [1.165, 1.54) is 11.1 Å². The lowest BCUT2D eigenvalue weighted by Gasteiger charge is -2.03. The Morgan fingerprint density at radius 1 is 1.45 bits per heavy atom. The van der Waals surface area contributed by atoms with Crippen molar-refractivity contribution in [3.63, 3.8) is 0 Å². The van der Waals surface area contributed by atoms with Crippen LogP contribution in [0.3, 0.4) is 0 Å². The average Bonchev–Trinajstić information content (AvgIpc) is 1.95. The van der Waals surface area contributed by atoms with Gasteiger partial charge in [-0.15, -0.1) is 0 Å². The topological polar surface area (TPSA) is 20.2 Å². The lowest BCUT2D eigenvalue weighted by Crippen LogP contribution is -1.84. The molecular weight excluding hydrogens is 156 g/mol. The molecule has 0 fully saturated rings. The van der Waals surface area contributed by atoms with Crippen molar-refractivity contribution >= 4 is 11.8 Å². The molecule has 60 valence electrons. The molecule has 1 aromatic rings. The van der Waals surface area contributed by atoms with Gasteiger partial charge in [-0.2, -0.15) is 11.8 Å². The number of rotatable bonds is 2. The highest BCUT2D eigenvalue weighted by molar-refractivity contribution is 7.97. The van der Waals surface area contributed by atoms with E-state index in [9.17, 15) is 0 Å². The van der Waals surface area contributed by atoms with Gasteiger partial charge in [0.1, 0.15) is 5.75 Å². The van der Waals surface area contributed by atoms with Crippen LogP contribution in [0, 0.1) is 6.92 Å². The van der Waals surface area contributed by atoms with Crippen molar-refractivity contribution in [2.75, 3.05) is 6.26 Å². The molecule has 0 aliphatic carbocycles. The fourth-order valence-electron chi connectivity index (χ4n) is 0.998. The van der Waals surface area contributed by atoms with Crippen LogP contribution < -0.4 is 0 Å². The monoisotopic (exact) mass is 168 g/mol. The summed E-state index contributed by atoms with van der Waals surface area (Å²) in [6.45, 7) is 2.02. The van der Waals surface area contributed by atoms with Crippen molar-refractivity contribution in [2.24, 2.45) is 0 Å². The van der Waals surface area contributed by atoms with Gasteiger partial charge in [0.2, 0.25) is 0 Å². The van der Waals surface area contributed by atoms with Crippen molar-refractivity contribution in [1.29, 1.82) is 0 Å². The summed E-state index contributed by atoms with van der Waals surface area (Å²) >= 11 is 1.79. The van der Waals surface area contributed by atoms with E-state index in [-0.39, 0.29) is 0 Å². The Morgan fingerprint density at radius 3 is 2.73 bits per heavy atom. The predicted octanol–water partition coefficient (Wildman–Crippen LogP) is 2.56. The Bertz CT molecular complexity index is 245. The van der Waals surface area contributed by atoms with Crippen molar-refractivity contribution in [2.45, 2.75) is 12.7 Å². The van der Waals surface area contributed by atoms with Crippen LogP contribution in [0.15, 0.2) is 18.2 Å². The molecule has 0 aliphatic rings. The number of thioether (sulfide) groups is 1. The molecular formula is C9H12OS. The largest absolute Gasteiger partial charge is 0.508 e. The highest BCUT2D eigenvalue weighted by atomic mass is 32.2. The first-order chi connectivity index (χ1) is 5.24. The minimum atomic E-state index is 0.354. The van der Waals surface area contributed by atoms with Gasteiger partial charge in [-0.3, -0.25) is 0 Å². The molecule has 0 saturated heterocycles. The van der Waals surface area contributed by atoms with Crippen molar-refractivity contribution in [3.05, 3.63) is 29.3 Å². The highest BCUT2D eigenvalue weighted by Gasteiger charge is 1.97. The molecule has 0 heterocycles. The predicted molar refractivity (Wildman–Crippen MR) is 50.1 cm³/mol. The summed E-state index contributed by atoms with van der Waals surface area (Å²) in [6.07, 6.45) is 2.08. The maximum atomic E-state index is 9.10. The molecule has 1 nitrogen and oxygen atoms in total. The summed E-state index contributed by atoms with van der Waals surface area (Å²) in [5.74, 6) is 1.37. The van der Waals surface area contributed by atoms with Crippen LogP contribution in [0.1, 0.15) is 11.1 Å². The normalized spacial score (nSPS) is 10.0. The smallest absolute Gasteiger partial charge is 0.115 e. The molecule has 0 bridgehead atoms. The van der Waals surface area contributed by atoms with E-state index in [2.05, 4.69) is 6.26 Å². The molecule has 1 N–H and O–H groups in total. The maximum absolute atomic E-state index is 9.10. The van der Waals surface area contributed by atoms with Crippen LogP contribution in [0.2, 0.25) is 0 Å². The molecule has 0 radical (unpaired) electrons. The molecule has 0 amide bonds. The van der Waals surface area contributed by atoms with Crippen molar-refractivity contribution < 1.29 is 5.11 Å². The van der Waals surface area contributed by atoms with Crippen LogP contribution in [0.25, 0.3) is 0 Å². The van der Waals surface area contributed by atoms with E-state index >= 15 is 0 Å². The zero-order valence-electron chi connectivity index (χ0n) is 6.79. The molecule has 2 heteroatoms. The summed E-state index contributed by atoms with van der Waals surface area (Å²) in [7, 11) is 0. The van der Waals surface area contributed by atoms with Gasteiger partial charge < -0.3 is 5.11 Å². The van der Waals surface area contributed by atoms with Gasteiger partial charge in [0, 0.05) is 5.75 Å². The number of benzene rings is 1. The Hall–Kier alpha value is -0.630. The number of phenolic OH excluding ortho intramolecular Hbond substituents is 1. The zero-order chi connectivity index (χ0) is 8.27. The van der Waals surface area contributed by atoms with Crippen LogP contribution in [0.5, 0.6) is 5.75 Å². The Labute approximate surface area is 71.4 Å². The molecule has 0 atom stereocenters. The standard InChI is InChI=1S/C9H12OS/c1-7-5-9(10)4-3-8(7)6-11-2/h3-5,10H,6H2,1-2H3. The van der Waals surface area contributed by atoms with E-state index < -0.39 is 0 Å². The lowest BCUT2D eigenvalue weighted by atomic mass is 10.1. The summed E-state index contributed by atoms with van der Waals surface area (Å²) < 4.78 is 0. The van der Waals surface area contributed by atoms with Crippen LogP contribution in [-0.2, 0) is 5.75 Å². The summed E-state index contributed by atoms with van der Waals surface area (Å²) in [5, 5.41) is 9.10. The lowest BCUT2D eigenvalue weighted by molar-refractivity contribution is 0.474. The average molecular weight is 168 g/mol. The molecule has 11 heavy (non-hydrogen) atoms. The summed E-state index contributed by atoms with van der Waals surface area (Å²) in [5.41, 5.74) is 2.47. The van der Waals surface area contributed by atoms with Crippen molar-refractivity contribution in [1.82, 2.24) is 0 Å². The van der Waals surface area contributed by atoms with Crippen LogP contribution >= 0.6 is 11.8 Å². The van der Waals surface area contributed by atoms with Gasteiger partial charge in [0.25, 0.3) is 0 Å². The Balaban J connectivity index is 2.90. The van der Waals surface area contributed by atoms with Gasteiger partial charge in [0.15, 0.2) is 0 Å². The van der Waals surface area contributed by atoms with Gasteiger partial charge in [0.05, 0.1) is 0 Å². The second-order valence-corrected chi connectivity index (χ2v) is 3.41. The number of aryl methyl sites for hydroxylation is 1. The van der Waals surface area contributed by atoms with Crippen LogP contribution in [-0.4, -0.2) is 11.4 Å². The molecule has 0 saturated carbocycles. The van der Waals surface area contributed by atoms with E-state index in [0.717, 1.165) is 5.75 Å². The Morgan fingerprint density at radius 2 is 2.18 bits per heavy atom. The summed E-state index contributed by atoms with van der Waals surface area (Å²) in [4.78, 5) is 0. The van der Waals surface area contributed by atoms with Gasteiger partial charge in [-0.25, -0.2) is 0 Å². The van der Waals surface area contributed by atoms with Gasteiger partial charge in [-0.1, -0.05) is 6.07 Å². The van der Waals surface area contributed by atoms with E-state index in [4.69, 9.17) is 5.11 Å². The van der Waals surface area contributed by atoms with Gasteiger partial charge >= 0.3 is 0 Å². The van der Waals surface area contributed by atoms with Gasteiger partial charge in [-0.05, 0) is 36.4 Å². The SMILES string of the molecule is CSCc1ccc(O)cc1C. The first-order valence-corrected chi connectivity index (χ1v) is 4.91. The third-order valence-corrected chi connectivity index (χ3v) is 2.23. The fraction of sp³-hybridized carbons (Fsp3) is 0.333. The van der Waals surface area contributed by atoms with E-state index in [0.29, 0.717) is 5.75 Å². The number of hydrogen-bond acceptors (Lipinski definition) is 2. The fourth-order valence-corrected chi connectivity index (χ4v) is 1.63. The number of aromatic hydroxyl groups is 1. The van der Waals surface area contributed by atoms with Crippen molar-refractivity contribution in [3.8, 4) is 5.75 Å². The molecule has 0 spiro atoms. The minimum Gasteiger partial charge on any atom is -0.508 e. The molecule has 0 aromatic heterocycles. The molecule has 1 rings (SSSR count). The van der Waals surface area contributed by atoms with E-state index in [1.807, 2.05) is 13.0 Å². The number of phenols is 1. The number of hydrogen-bond donors (Lipinski definition) is 1. The highest BCUT2D eigenvalue weighted by Crippen LogP contribution is 2.18. The third-order valence-electron chi connectivity index (χ3n) is 1.63.